The maximum absolute atomic E-state index is 9.25. The van der Waals surface area contributed by atoms with E-state index in [0.29, 0.717) is 6.10 Å². The van der Waals surface area contributed by atoms with Crippen molar-refractivity contribution in [3.05, 3.63) is 12.7 Å². The Balaban J connectivity index is 0.000000217. The Morgan fingerprint density at radius 1 is 1.92 bits per heavy atom. The van der Waals surface area contributed by atoms with Crippen LogP contribution in [0.5, 0.6) is 0 Å². The van der Waals surface area contributed by atoms with Gasteiger partial charge in [-0.25, -0.2) is 4.79 Å². The zero-order valence-electron chi connectivity index (χ0n) is 7.16. The van der Waals surface area contributed by atoms with Crippen LogP contribution in [0.1, 0.15) is 6.92 Å². The molecule has 0 amide bonds. The van der Waals surface area contributed by atoms with Gasteiger partial charge < -0.3 is 14.6 Å². The molecule has 1 aliphatic rings. The van der Waals surface area contributed by atoms with Crippen LogP contribution in [0.2, 0.25) is 0 Å². The van der Waals surface area contributed by atoms with Crippen LogP contribution in [-0.2, 0) is 14.3 Å². The summed E-state index contributed by atoms with van der Waals surface area (Å²) in [5.74, 6) is -0.981. The Morgan fingerprint density at radius 3 is 2.67 bits per heavy atom. The number of epoxide rings is 1. The van der Waals surface area contributed by atoms with Crippen LogP contribution >= 0.6 is 0 Å². The van der Waals surface area contributed by atoms with Crippen molar-refractivity contribution in [2.45, 2.75) is 13.0 Å². The van der Waals surface area contributed by atoms with Gasteiger partial charge in [-0.2, -0.15) is 0 Å². The Kier molecular flexibility index (Phi) is 6.32. The third kappa shape index (κ3) is 9.13. The van der Waals surface area contributed by atoms with Crippen molar-refractivity contribution in [3.63, 3.8) is 0 Å². The van der Waals surface area contributed by atoms with Gasteiger partial charge in [0.2, 0.25) is 0 Å². The van der Waals surface area contributed by atoms with Gasteiger partial charge in [0.1, 0.15) is 6.10 Å². The standard InChI is InChI=1S/C5H10O2.C3H4O2/c1-2-6-3-5-4-7-5;1-2-3(4)5/h5H,2-4H2,1H3;2H,1H2,(H,4,5). The third-order valence-electron chi connectivity index (χ3n) is 1.08. The lowest BCUT2D eigenvalue weighted by Crippen LogP contribution is -1.99. The molecule has 1 aliphatic heterocycles. The molecule has 1 heterocycles. The van der Waals surface area contributed by atoms with E-state index in [0.717, 1.165) is 25.9 Å². The Morgan fingerprint density at radius 2 is 2.42 bits per heavy atom. The first-order chi connectivity index (χ1) is 5.70. The zero-order chi connectivity index (χ0) is 9.40. The predicted molar refractivity (Wildman–Crippen MR) is 44.1 cm³/mol. The van der Waals surface area contributed by atoms with Gasteiger partial charge in [0.25, 0.3) is 0 Å². The fourth-order valence-corrected chi connectivity index (χ4v) is 0.414. The summed E-state index contributed by atoms with van der Waals surface area (Å²) in [7, 11) is 0. The van der Waals surface area contributed by atoms with E-state index in [4.69, 9.17) is 14.6 Å². The highest BCUT2D eigenvalue weighted by Crippen LogP contribution is 2.07. The highest BCUT2D eigenvalue weighted by Gasteiger charge is 2.21. The second-order valence-electron chi connectivity index (χ2n) is 2.16. The minimum atomic E-state index is -0.981. The summed E-state index contributed by atoms with van der Waals surface area (Å²) in [5.41, 5.74) is 0. The minimum Gasteiger partial charge on any atom is -0.478 e. The lowest BCUT2D eigenvalue weighted by molar-refractivity contribution is -0.131. The number of ether oxygens (including phenoxy) is 2. The van der Waals surface area contributed by atoms with E-state index in [-0.39, 0.29) is 0 Å². The van der Waals surface area contributed by atoms with Crippen LogP contribution < -0.4 is 0 Å². The first-order valence-corrected chi connectivity index (χ1v) is 3.75. The maximum Gasteiger partial charge on any atom is 0.327 e. The minimum absolute atomic E-state index is 0.431. The Hall–Kier alpha value is -0.870. The lowest BCUT2D eigenvalue weighted by atomic mass is 10.5. The summed E-state index contributed by atoms with van der Waals surface area (Å²) >= 11 is 0. The first-order valence-electron chi connectivity index (χ1n) is 3.75. The summed E-state index contributed by atoms with van der Waals surface area (Å²) in [5, 5.41) is 7.60. The monoisotopic (exact) mass is 174 g/mol. The smallest absolute Gasteiger partial charge is 0.327 e. The number of carboxylic acids is 1. The van der Waals surface area contributed by atoms with Crippen molar-refractivity contribution in [2.75, 3.05) is 19.8 Å². The van der Waals surface area contributed by atoms with Crippen molar-refractivity contribution in [2.24, 2.45) is 0 Å². The van der Waals surface area contributed by atoms with Crippen molar-refractivity contribution in [3.8, 4) is 0 Å². The number of aliphatic carboxylic acids is 1. The molecule has 0 radical (unpaired) electrons. The van der Waals surface area contributed by atoms with Crippen LogP contribution in [0.15, 0.2) is 12.7 Å². The van der Waals surface area contributed by atoms with E-state index in [1.807, 2.05) is 6.92 Å². The average Bonchev–Trinajstić information content (AvgIpc) is 2.85. The normalized spacial score (nSPS) is 18.9. The van der Waals surface area contributed by atoms with Crippen molar-refractivity contribution in [1.82, 2.24) is 0 Å². The summed E-state index contributed by atoms with van der Waals surface area (Å²) in [4.78, 5) is 9.25. The summed E-state index contributed by atoms with van der Waals surface area (Å²) in [6.07, 6.45) is 1.26. The van der Waals surface area contributed by atoms with E-state index in [9.17, 15) is 4.79 Å². The highest BCUT2D eigenvalue weighted by molar-refractivity contribution is 5.78. The van der Waals surface area contributed by atoms with E-state index in [1.54, 1.807) is 0 Å². The molecule has 0 bridgehead atoms. The van der Waals surface area contributed by atoms with Crippen LogP contribution in [0.3, 0.4) is 0 Å². The fourth-order valence-electron chi connectivity index (χ4n) is 0.414. The molecular formula is C8H14O4. The largest absolute Gasteiger partial charge is 0.478 e. The number of carbonyl (C=O) groups is 1. The van der Waals surface area contributed by atoms with Gasteiger partial charge in [-0.3, -0.25) is 0 Å². The van der Waals surface area contributed by atoms with E-state index in [1.165, 1.54) is 0 Å². The van der Waals surface area contributed by atoms with Crippen LogP contribution in [0, 0.1) is 0 Å². The van der Waals surface area contributed by atoms with Gasteiger partial charge >= 0.3 is 5.97 Å². The summed E-state index contributed by atoms with van der Waals surface area (Å²) < 4.78 is 9.92. The summed E-state index contributed by atoms with van der Waals surface area (Å²) in [6, 6.07) is 0. The molecule has 1 atom stereocenters. The molecule has 1 fully saturated rings. The molecule has 0 aliphatic carbocycles. The molecule has 0 saturated carbocycles. The molecule has 0 aromatic carbocycles. The number of hydrogen-bond acceptors (Lipinski definition) is 3. The molecule has 1 rings (SSSR count). The van der Waals surface area contributed by atoms with E-state index < -0.39 is 5.97 Å². The van der Waals surface area contributed by atoms with Crippen molar-refractivity contribution in [1.29, 1.82) is 0 Å². The van der Waals surface area contributed by atoms with Crippen LogP contribution in [0.4, 0.5) is 0 Å². The highest BCUT2D eigenvalue weighted by atomic mass is 16.6. The molecule has 1 saturated heterocycles. The molecule has 1 unspecified atom stereocenters. The van der Waals surface area contributed by atoms with Gasteiger partial charge in [-0.05, 0) is 6.92 Å². The SMILES string of the molecule is C=CC(=O)O.CCOCC1CO1. The van der Waals surface area contributed by atoms with Gasteiger partial charge in [0, 0.05) is 12.7 Å². The topological polar surface area (TPSA) is 59.1 Å². The predicted octanol–water partition coefficient (Wildman–Crippen LogP) is 0.679. The molecule has 0 aromatic heterocycles. The van der Waals surface area contributed by atoms with Crippen LogP contribution in [0.25, 0.3) is 0 Å². The number of hydrogen-bond donors (Lipinski definition) is 1. The summed E-state index contributed by atoms with van der Waals surface area (Å²) in [6.45, 7) is 7.45. The van der Waals surface area contributed by atoms with Crippen LogP contribution in [-0.4, -0.2) is 37.0 Å². The molecule has 4 heteroatoms. The third-order valence-corrected chi connectivity index (χ3v) is 1.08. The zero-order valence-corrected chi connectivity index (χ0v) is 7.16. The maximum atomic E-state index is 9.25. The molecule has 4 nitrogen and oxygen atoms in total. The van der Waals surface area contributed by atoms with E-state index in [2.05, 4.69) is 6.58 Å². The van der Waals surface area contributed by atoms with Crippen molar-refractivity contribution >= 4 is 5.97 Å². The second-order valence-corrected chi connectivity index (χ2v) is 2.16. The van der Waals surface area contributed by atoms with Gasteiger partial charge in [0.05, 0.1) is 13.2 Å². The molecular weight excluding hydrogens is 160 g/mol. The number of carboxylic acid groups (broad SMARTS) is 1. The average molecular weight is 174 g/mol. The van der Waals surface area contributed by atoms with E-state index >= 15 is 0 Å². The van der Waals surface area contributed by atoms with Crippen molar-refractivity contribution < 1.29 is 19.4 Å². The Labute approximate surface area is 71.8 Å². The Bertz CT molecular complexity index is 140. The lowest BCUT2D eigenvalue weighted by Gasteiger charge is -1.91. The molecule has 0 spiro atoms. The molecule has 0 aromatic rings. The number of rotatable bonds is 4. The van der Waals surface area contributed by atoms with Gasteiger partial charge in [-0.1, -0.05) is 6.58 Å². The first kappa shape index (κ1) is 11.1. The molecule has 70 valence electrons. The second kappa shape index (κ2) is 6.82. The van der Waals surface area contributed by atoms with Gasteiger partial charge in [-0.15, -0.1) is 0 Å². The quantitative estimate of drug-likeness (QED) is 0.503. The fraction of sp³-hybridized carbons (Fsp3) is 0.625. The molecule has 12 heavy (non-hydrogen) atoms. The van der Waals surface area contributed by atoms with Gasteiger partial charge in [0.15, 0.2) is 0 Å². The molecule has 1 N–H and O–H groups in total.